The maximum Gasteiger partial charge on any atom is 0.239 e. The molecule has 0 bridgehead atoms. The Kier molecular flexibility index (Phi) is 8.13. The number of thiophene rings is 1. The van der Waals surface area contributed by atoms with Crippen LogP contribution >= 0.6 is 22.9 Å². The van der Waals surface area contributed by atoms with E-state index < -0.39 is 5.91 Å². The van der Waals surface area contributed by atoms with E-state index in [1.165, 1.54) is 56.5 Å². The van der Waals surface area contributed by atoms with Gasteiger partial charge >= 0.3 is 0 Å². The van der Waals surface area contributed by atoms with Crippen LogP contribution in [0.4, 0.5) is 0 Å². The first-order valence-electron chi connectivity index (χ1n) is 10.9. The van der Waals surface area contributed by atoms with Crippen LogP contribution < -0.4 is 5.73 Å². The molecule has 0 aromatic carbocycles. The monoisotopic (exact) mass is 465 g/mol. The molecule has 0 spiro atoms. The molecule has 4 rings (SSSR count). The van der Waals surface area contributed by atoms with Crippen molar-refractivity contribution in [2.75, 3.05) is 19.6 Å². The Hall–Kier alpha value is -1.90. The Morgan fingerprint density at radius 2 is 2.00 bits per heavy atom. The summed E-state index contributed by atoms with van der Waals surface area (Å²) in [5, 5.41) is 5.31. The van der Waals surface area contributed by atoms with Crippen LogP contribution in [0.5, 0.6) is 0 Å². The predicted octanol–water partition coefficient (Wildman–Crippen LogP) is 4.06. The molecule has 2 amide bonds. The van der Waals surface area contributed by atoms with E-state index in [-0.39, 0.29) is 12.5 Å². The van der Waals surface area contributed by atoms with Gasteiger partial charge in [0.15, 0.2) is 0 Å². The van der Waals surface area contributed by atoms with Gasteiger partial charge in [-0.3, -0.25) is 14.2 Å². The SMILES string of the molecule is C1CCN(C2CC2)CC1.Cc1cc2sc(Cl)cc2n1/C(=N\N(C=O)CC(N)=O)C(C)C. The van der Waals surface area contributed by atoms with Gasteiger partial charge in [-0.05, 0) is 57.8 Å². The van der Waals surface area contributed by atoms with Gasteiger partial charge in [0.1, 0.15) is 12.4 Å². The van der Waals surface area contributed by atoms with Crippen LogP contribution in [0.1, 0.15) is 51.6 Å². The number of fused-ring (bicyclic) bond motifs is 1. The number of carbonyl (C=O) groups excluding carboxylic acids is 2. The first-order chi connectivity index (χ1) is 14.8. The number of nitrogens with zero attached hydrogens (tertiary/aromatic N) is 4. The summed E-state index contributed by atoms with van der Waals surface area (Å²) >= 11 is 7.56. The number of hydrazone groups is 1. The van der Waals surface area contributed by atoms with E-state index in [1.807, 2.05) is 37.5 Å². The lowest BCUT2D eigenvalue weighted by molar-refractivity contribution is -0.126. The molecule has 1 saturated carbocycles. The molecule has 170 valence electrons. The predicted molar refractivity (Wildman–Crippen MR) is 128 cm³/mol. The molecule has 1 aliphatic carbocycles. The Labute approximate surface area is 192 Å². The van der Waals surface area contributed by atoms with Crippen molar-refractivity contribution in [1.82, 2.24) is 14.5 Å². The molecule has 0 radical (unpaired) electrons. The molecule has 2 aromatic heterocycles. The molecule has 2 aliphatic rings. The normalized spacial score (nSPS) is 17.5. The van der Waals surface area contributed by atoms with Crippen LogP contribution in [0, 0.1) is 12.8 Å². The first kappa shape index (κ1) is 23.8. The van der Waals surface area contributed by atoms with Gasteiger partial charge in [0.25, 0.3) is 0 Å². The largest absolute Gasteiger partial charge is 0.368 e. The van der Waals surface area contributed by atoms with Gasteiger partial charge in [-0.15, -0.1) is 11.3 Å². The van der Waals surface area contributed by atoms with Crippen LogP contribution in [0.2, 0.25) is 4.34 Å². The smallest absolute Gasteiger partial charge is 0.239 e. The van der Waals surface area contributed by atoms with Crippen LogP contribution in [-0.4, -0.2) is 58.3 Å². The van der Waals surface area contributed by atoms with Gasteiger partial charge in [0.2, 0.25) is 12.3 Å². The summed E-state index contributed by atoms with van der Waals surface area (Å²) in [5.74, 6) is 0.0607. The first-order valence-corrected chi connectivity index (χ1v) is 12.1. The van der Waals surface area contributed by atoms with Crippen LogP contribution in [-0.2, 0) is 9.59 Å². The fourth-order valence-corrected chi connectivity index (χ4v) is 5.14. The lowest BCUT2D eigenvalue weighted by Crippen LogP contribution is -2.32. The molecule has 2 fully saturated rings. The van der Waals surface area contributed by atoms with Gasteiger partial charge in [-0.25, -0.2) is 5.01 Å². The zero-order valence-electron chi connectivity index (χ0n) is 18.5. The van der Waals surface area contributed by atoms with Crippen molar-refractivity contribution in [3.63, 3.8) is 0 Å². The number of aryl methyl sites for hydroxylation is 1. The molecule has 1 aliphatic heterocycles. The van der Waals surface area contributed by atoms with Gasteiger partial charge < -0.3 is 10.6 Å². The third-order valence-corrected chi connectivity index (χ3v) is 6.71. The summed E-state index contributed by atoms with van der Waals surface area (Å²) in [4.78, 5) is 24.8. The molecule has 3 heterocycles. The minimum Gasteiger partial charge on any atom is -0.368 e. The molecule has 2 aromatic rings. The highest BCUT2D eigenvalue weighted by atomic mass is 35.5. The lowest BCUT2D eigenvalue weighted by Gasteiger charge is -2.25. The van der Waals surface area contributed by atoms with Crippen molar-refractivity contribution in [1.29, 1.82) is 0 Å². The summed E-state index contributed by atoms with van der Waals surface area (Å²) in [7, 11) is 0. The molecular weight excluding hydrogens is 434 g/mol. The number of carbonyl (C=O) groups is 2. The molecular formula is C22H32ClN5O2S. The highest BCUT2D eigenvalue weighted by Crippen LogP contribution is 2.32. The fraction of sp³-hybridized carbons (Fsp3) is 0.591. The van der Waals surface area contributed by atoms with E-state index in [9.17, 15) is 9.59 Å². The van der Waals surface area contributed by atoms with Crippen LogP contribution in [0.15, 0.2) is 17.2 Å². The van der Waals surface area contributed by atoms with Gasteiger partial charge in [0.05, 0.1) is 14.6 Å². The van der Waals surface area contributed by atoms with E-state index in [2.05, 4.69) is 10.0 Å². The van der Waals surface area contributed by atoms with E-state index in [0.717, 1.165) is 27.0 Å². The molecule has 9 heteroatoms. The Morgan fingerprint density at radius 1 is 1.32 bits per heavy atom. The van der Waals surface area contributed by atoms with E-state index >= 15 is 0 Å². The molecule has 0 unspecified atom stereocenters. The molecule has 31 heavy (non-hydrogen) atoms. The number of hydrogen-bond donors (Lipinski definition) is 1. The number of amides is 2. The van der Waals surface area contributed by atoms with Crippen molar-refractivity contribution in [2.45, 2.75) is 58.9 Å². The van der Waals surface area contributed by atoms with Crippen molar-refractivity contribution in [3.8, 4) is 0 Å². The number of primary amides is 1. The zero-order valence-corrected chi connectivity index (χ0v) is 20.1. The van der Waals surface area contributed by atoms with Gasteiger partial charge in [-0.2, -0.15) is 5.10 Å². The van der Waals surface area contributed by atoms with Crippen molar-refractivity contribution >= 4 is 51.3 Å². The number of aromatic nitrogens is 1. The second-order valence-electron chi connectivity index (χ2n) is 8.53. The minimum atomic E-state index is -0.619. The fourth-order valence-electron chi connectivity index (χ4n) is 3.92. The molecule has 1 saturated heterocycles. The highest BCUT2D eigenvalue weighted by Gasteiger charge is 2.29. The highest BCUT2D eigenvalue weighted by molar-refractivity contribution is 7.22. The average molecular weight is 466 g/mol. The number of piperidine rings is 1. The Bertz CT molecular complexity index is 941. The summed E-state index contributed by atoms with van der Waals surface area (Å²) in [6.45, 7) is 8.41. The summed E-state index contributed by atoms with van der Waals surface area (Å²) < 4.78 is 3.68. The zero-order chi connectivity index (χ0) is 22.5. The quantitative estimate of drug-likeness (QED) is 0.302. The number of likely N-dealkylation sites (tertiary alicyclic amines) is 1. The standard InChI is InChI=1S/C14H17ClN4O2S.C8H15N/c1-8(2)14(17-18(7-20)6-13(16)21)19-9(3)4-11-10(19)5-12(15)22-11;1-2-6-9(7-3-1)8-4-5-8/h4-5,7-8H,6H2,1-3H3,(H2,16,21);8H,1-7H2/b17-14-;. The minimum absolute atomic E-state index is 0.0308. The molecule has 7 nitrogen and oxygen atoms in total. The number of hydrogen-bond acceptors (Lipinski definition) is 5. The maximum atomic E-state index is 11.1. The number of halogens is 1. The summed E-state index contributed by atoms with van der Waals surface area (Å²) in [5.41, 5.74) is 7.05. The third kappa shape index (κ3) is 6.30. The third-order valence-electron chi connectivity index (χ3n) is 5.51. The maximum absolute atomic E-state index is 11.1. The van der Waals surface area contributed by atoms with Crippen molar-refractivity contribution in [2.24, 2.45) is 16.8 Å². The van der Waals surface area contributed by atoms with E-state index in [4.69, 9.17) is 17.3 Å². The average Bonchev–Trinajstić information content (AvgIpc) is 3.45. The van der Waals surface area contributed by atoms with Crippen molar-refractivity contribution < 1.29 is 9.59 Å². The van der Waals surface area contributed by atoms with E-state index in [0.29, 0.717) is 16.6 Å². The van der Waals surface area contributed by atoms with Crippen LogP contribution in [0.3, 0.4) is 0 Å². The molecule has 0 atom stereocenters. The second kappa shape index (κ2) is 10.6. The van der Waals surface area contributed by atoms with E-state index in [1.54, 1.807) is 0 Å². The number of nitrogens with two attached hydrogens (primary N) is 1. The van der Waals surface area contributed by atoms with Gasteiger partial charge in [-0.1, -0.05) is 31.9 Å². The second-order valence-corrected chi connectivity index (χ2v) is 10.2. The topological polar surface area (TPSA) is 83.9 Å². The molecule has 2 N–H and O–H groups in total. The number of rotatable bonds is 6. The van der Waals surface area contributed by atoms with Crippen LogP contribution in [0.25, 0.3) is 10.2 Å². The lowest BCUT2D eigenvalue weighted by atomic mass is 10.1. The van der Waals surface area contributed by atoms with Crippen molar-refractivity contribution in [3.05, 3.63) is 22.2 Å². The summed E-state index contributed by atoms with van der Waals surface area (Å²) in [6, 6.07) is 4.90. The Balaban J connectivity index is 0.000000248. The summed E-state index contributed by atoms with van der Waals surface area (Å²) in [6.07, 6.45) is 7.85. The Morgan fingerprint density at radius 3 is 2.55 bits per heavy atom. The van der Waals surface area contributed by atoms with Gasteiger partial charge in [0, 0.05) is 17.7 Å².